The zero-order chi connectivity index (χ0) is 16.9. The highest BCUT2D eigenvalue weighted by atomic mass is 19.1. The lowest BCUT2D eigenvalue weighted by atomic mass is 10.2. The molecule has 0 spiro atoms. The Morgan fingerprint density at radius 2 is 1.79 bits per heavy atom. The monoisotopic (exact) mass is 329 g/mol. The maximum absolute atomic E-state index is 13.6. The van der Waals surface area contributed by atoms with Crippen LogP contribution in [-0.4, -0.2) is 53.4 Å². The summed E-state index contributed by atoms with van der Waals surface area (Å²) in [6.45, 7) is 2.50. The van der Waals surface area contributed by atoms with E-state index in [1.165, 1.54) is 24.5 Å². The second kappa shape index (κ2) is 7.03. The van der Waals surface area contributed by atoms with Gasteiger partial charge in [0.1, 0.15) is 5.82 Å². The lowest BCUT2D eigenvalue weighted by molar-refractivity contribution is -0.118. The molecule has 1 aromatic heterocycles. The van der Waals surface area contributed by atoms with Crippen molar-refractivity contribution in [1.29, 1.82) is 0 Å². The van der Waals surface area contributed by atoms with Crippen LogP contribution >= 0.6 is 0 Å². The molecule has 3 rings (SSSR count). The molecule has 1 aliphatic rings. The minimum Gasteiger partial charge on any atom is -0.342 e. The van der Waals surface area contributed by atoms with Gasteiger partial charge in [0.25, 0.3) is 5.91 Å². The van der Waals surface area contributed by atoms with Crippen molar-refractivity contribution >= 4 is 24.0 Å². The first-order valence-corrected chi connectivity index (χ1v) is 7.49. The molecule has 0 unspecified atom stereocenters. The Labute approximate surface area is 138 Å². The van der Waals surface area contributed by atoms with Gasteiger partial charge >= 0.3 is 0 Å². The Balaban J connectivity index is 1.65. The van der Waals surface area contributed by atoms with E-state index in [4.69, 9.17) is 0 Å². The molecule has 1 aliphatic heterocycles. The van der Waals surface area contributed by atoms with Crippen molar-refractivity contribution in [3.63, 3.8) is 0 Å². The van der Waals surface area contributed by atoms with Gasteiger partial charge in [0, 0.05) is 38.6 Å². The molecule has 0 saturated carbocycles. The first kappa shape index (κ1) is 15.9. The molecule has 1 saturated heterocycles. The number of halogens is 1. The van der Waals surface area contributed by atoms with Crippen LogP contribution in [0, 0.1) is 5.82 Å². The Morgan fingerprint density at radius 3 is 2.42 bits per heavy atom. The fraction of sp³-hybridized carbons (Fsp3) is 0.250. The molecule has 0 radical (unpaired) electrons. The van der Waals surface area contributed by atoms with Crippen molar-refractivity contribution in [3.05, 3.63) is 48.0 Å². The van der Waals surface area contributed by atoms with Crippen LogP contribution in [0.4, 0.5) is 16.0 Å². The fourth-order valence-corrected chi connectivity index (χ4v) is 2.39. The Kier molecular flexibility index (Phi) is 4.64. The van der Waals surface area contributed by atoms with Gasteiger partial charge in [-0.25, -0.2) is 14.4 Å². The van der Waals surface area contributed by atoms with Crippen LogP contribution < -0.4 is 10.2 Å². The lowest BCUT2D eigenvalue weighted by Gasteiger charge is -2.32. The van der Waals surface area contributed by atoms with Gasteiger partial charge in [-0.3, -0.25) is 9.59 Å². The van der Waals surface area contributed by atoms with Crippen LogP contribution in [0.3, 0.4) is 0 Å². The molecule has 2 amide bonds. The molecular formula is C16H16FN5O2. The third-order valence-electron chi connectivity index (χ3n) is 3.77. The Morgan fingerprint density at radius 1 is 1.12 bits per heavy atom. The first-order chi connectivity index (χ1) is 11.7. The molecule has 24 heavy (non-hydrogen) atoms. The first-order valence-electron chi connectivity index (χ1n) is 7.49. The van der Waals surface area contributed by atoms with Crippen molar-refractivity contribution in [3.8, 4) is 0 Å². The van der Waals surface area contributed by atoms with Gasteiger partial charge in [0.05, 0.1) is 11.3 Å². The number of nitrogens with one attached hydrogen (secondary N) is 1. The van der Waals surface area contributed by atoms with Gasteiger partial charge in [0.15, 0.2) is 0 Å². The van der Waals surface area contributed by atoms with E-state index < -0.39 is 11.7 Å². The number of amides is 2. The summed E-state index contributed by atoms with van der Waals surface area (Å²) >= 11 is 0. The Bertz CT molecular complexity index is 730. The van der Waals surface area contributed by atoms with Gasteiger partial charge in [0.2, 0.25) is 12.4 Å². The second-order valence-corrected chi connectivity index (χ2v) is 5.33. The highest BCUT2D eigenvalue weighted by Gasteiger charge is 2.18. The highest BCUT2D eigenvalue weighted by Crippen LogP contribution is 2.15. The number of carbonyl (C=O) groups excluding carboxylic acids is 2. The normalized spacial score (nSPS) is 14.4. The van der Waals surface area contributed by atoms with Crippen molar-refractivity contribution < 1.29 is 14.0 Å². The third kappa shape index (κ3) is 3.48. The molecule has 1 N–H and O–H groups in total. The predicted octanol–water partition coefficient (Wildman–Crippen LogP) is 1.15. The number of carbonyl (C=O) groups is 2. The average molecular weight is 329 g/mol. The van der Waals surface area contributed by atoms with Gasteiger partial charge in [-0.15, -0.1) is 0 Å². The zero-order valence-electron chi connectivity index (χ0n) is 12.9. The summed E-state index contributed by atoms with van der Waals surface area (Å²) in [6.07, 6.45) is 3.64. The standard InChI is InChI=1S/C16H16FN5O2/c17-13-3-1-2-4-14(13)20-15(24)12-9-18-16(19-10-12)22-7-5-21(11-23)6-8-22/h1-4,9-11H,5-8H2,(H,20,24). The molecular weight excluding hydrogens is 313 g/mol. The molecule has 124 valence electrons. The predicted molar refractivity (Wildman–Crippen MR) is 86.2 cm³/mol. The van der Waals surface area contributed by atoms with Gasteiger partial charge in [-0.05, 0) is 12.1 Å². The molecule has 0 bridgehead atoms. The van der Waals surface area contributed by atoms with E-state index in [0.29, 0.717) is 32.1 Å². The second-order valence-electron chi connectivity index (χ2n) is 5.33. The summed E-state index contributed by atoms with van der Waals surface area (Å²) in [5.41, 5.74) is 0.352. The molecule has 8 heteroatoms. The van der Waals surface area contributed by atoms with Gasteiger partial charge < -0.3 is 15.1 Å². The minimum atomic E-state index is -0.503. The molecule has 7 nitrogen and oxygen atoms in total. The third-order valence-corrected chi connectivity index (χ3v) is 3.77. The van der Waals surface area contributed by atoms with Crippen LogP contribution in [0.25, 0.3) is 0 Å². The number of rotatable bonds is 4. The molecule has 0 aliphatic carbocycles. The molecule has 1 aromatic carbocycles. The van der Waals surface area contributed by atoms with Crippen molar-refractivity contribution in [1.82, 2.24) is 14.9 Å². The lowest BCUT2D eigenvalue weighted by Crippen LogP contribution is -2.46. The molecule has 0 atom stereocenters. The smallest absolute Gasteiger partial charge is 0.258 e. The van der Waals surface area contributed by atoms with Gasteiger partial charge in [-0.2, -0.15) is 0 Å². The van der Waals surface area contributed by atoms with E-state index in [2.05, 4.69) is 15.3 Å². The SMILES string of the molecule is O=CN1CCN(c2ncc(C(=O)Nc3ccccc3F)cn2)CC1. The number of anilines is 2. The zero-order valence-corrected chi connectivity index (χ0v) is 12.9. The quantitative estimate of drug-likeness (QED) is 0.851. The summed E-state index contributed by atoms with van der Waals surface area (Å²) in [7, 11) is 0. The van der Waals surface area contributed by atoms with Crippen LogP contribution in [0.1, 0.15) is 10.4 Å². The largest absolute Gasteiger partial charge is 0.342 e. The van der Waals surface area contributed by atoms with Crippen molar-refractivity contribution in [2.75, 3.05) is 36.4 Å². The number of aromatic nitrogens is 2. The highest BCUT2D eigenvalue weighted by molar-refractivity contribution is 6.03. The maximum atomic E-state index is 13.6. The summed E-state index contributed by atoms with van der Waals surface area (Å²) < 4.78 is 13.6. The van der Waals surface area contributed by atoms with Crippen LogP contribution in [0.2, 0.25) is 0 Å². The van der Waals surface area contributed by atoms with E-state index in [1.54, 1.807) is 17.0 Å². The molecule has 1 fully saturated rings. The van der Waals surface area contributed by atoms with Gasteiger partial charge in [-0.1, -0.05) is 12.1 Å². The number of piperazine rings is 1. The van der Waals surface area contributed by atoms with Crippen molar-refractivity contribution in [2.24, 2.45) is 0 Å². The van der Waals surface area contributed by atoms with Crippen molar-refractivity contribution in [2.45, 2.75) is 0 Å². The van der Waals surface area contributed by atoms with E-state index in [9.17, 15) is 14.0 Å². The molecule has 2 heterocycles. The number of hydrogen-bond acceptors (Lipinski definition) is 5. The number of para-hydroxylation sites is 1. The summed E-state index contributed by atoms with van der Waals surface area (Å²) in [5, 5.41) is 2.49. The Hall–Kier alpha value is -3.03. The van der Waals surface area contributed by atoms with Crippen LogP contribution in [-0.2, 0) is 4.79 Å². The summed E-state index contributed by atoms with van der Waals surface area (Å²) in [5.74, 6) is -0.475. The summed E-state index contributed by atoms with van der Waals surface area (Å²) in [4.78, 5) is 34.8. The van der Waals surface area contributed by atoms with Crippen LogP contribution in [0.15, 0.2) is 36.7 Å². The number of hydrogen-bond donors (Lipinski definition) is 1. The average Bonchev–Trinajstić information content (AvgIpc) is 2.64. The fourth-order valence-electron chi connectivity index (χ4n) is 2.39. The van der Waals surface area contributed by atoms with E-state index >= 15 is 0 Å². The minimum absolute atomic E-state index is 0.108. The number of benzene rings is 1. The van der Waals surface area contributed by atoms with E-state index in [1.807, 2.05) is 4.90 Å². The number of nitrogens with zero attached hydrogens (tertiary/aromatic N) is 4. The molecule has 2 aromatic rings. The topological polar surface area (TPSA) is 78.4 Å². The van der Waals surface area contributed by atoms with E-state index in [-0.39, 0.29) is 11.3 Å². The summed E-state index contributed by atoms with van der Waals surface area (Å²) in [6, 6.07) is 5.94. The van der Waals surface area contributed by atoms with E-state index in [0.717, 1.165) is 6.41 Å². The van der Waals surface area contributed by atoms with Crippen LogP contribution in [0.5, 0.6) is 0 Å². The maximum Gasteiger partial charge on any atom is 0.258 e.